The maximum Gasteiger partial charge on any atom is 0.129 e. The van der Waals surface area contributed by atoms with Crippen molar-refractivity contribution in [3.8, 4) is 0 Å². The number of pyridine rings is 2. The largest absolute Gasteiger partial charge is 0.356 e. The van der Waals surface area contributed by atoms with E-state index in [0.29, 0.717) is 0 Å². The van der Waals surface area contributed by atoms with Gasteiger partial charge < -0.3 is 9.47 Å². The molecule has 0 aliphatic carbocycles. The van der Waals surface area contributed by atoms with Gasteiger partial charge in [-0.3, -0.25) is 9.97 Å². The molecule has 0 amide bonds. The lowest BCUT2D eigenvalue weighted by Gasteiger charge is -2.08. The molecule has 0 saturated carbocycles. The summed E-state index contributed by atoms with van der Waals surface area (Å²) < 4.78 is 67.0. The summed E-state index contributed by atoms with van der Waals surface area (Å²) in [7, 11) is 0. The molecule has 0 bridgehead atoms. The van der Waals surface area contributed by atoms with Crippen LogP contribution in [0.25, 0.3) is 0 Å². The normalized spacial score (nSPS) is 25.4. The number of ether oxygens (including phenoxy) is 2. The van der Waals surface area contributed by atoms with Crippen molar-refractivity contribution in [2.24, 2.45) is 0 Å². The Bertz CT molecular complexity index is 1410. The van der Waals surface area contributed by atoms with Crippen LogP contribution in [0.5, 0.6) is 0 Å². The minimum Gasteiger partial charge on any atom is -0.356 e. The average Bonchev–Trinajstić information content (AvgIpc) is 3.77. The molecule has 4 nitrogen and oxygen atoms in total. The molecule has 2 aromatic carbocycles. The van der Waals surface area contributed by atoms with E-state index in [9.17, 15) is 17.6 Å². The lowest BCUT2D eigenvalue weighted by Crippen LogP contribution is -2.08. The van der Waals surface area contributed by atoms with Gasteiger partial charge >= 0.3 is 0 Å². The van der Waals surface area contributed by atoms with E-state index in [1.807, 2.05) is 12.1 Å². The van der Waals surface area contributed by atoms with Crippen molar-refractivity contribution in [1.29, 1.82) is 0 Å². The highest BCUT2D eigenvalue weighted by atomic mass is 79.9. The van der Waals surface area contributed by atoms with Crippen molar-refractivity contribution in [3.05, 3.63) is 128 Å². The van der Waals surface area contributed by atoms with E-state index in [0.717, 1.165) is 44.3 Å². The van der Waals surface area contributed by atoms with Crippen LogP contribution in [0.15, 0.2) is 82.3 Å². The number of nitrogens with zero attached hydrogens (tertiary/aromatic N) is 2. The van der Waals surface area contributed by atoms with Gasteiger partial charge in [0.25, 0.3) is 0 Å². The zero-order valence-corrected chi connectivity index (χ0v) is 23.2. The number of benzene rings is 2. The van der Waals surface area contributed by atoms with E-state index in [2.05, 4.69) is 41.8 Å². The van der Waals surface area contributed by atoms with Crippen LogP contribution in [0.4, 0.5) is 17.6 Å². The SMILES string of the molecule is C[C@@]1(c2cc(F)ccc2F)O[C@@H]1c1cncc(Br)c1.C[C@]1(c2cc(F)ccc2F)O[C@@H]1c1cncc(Br)c1. The minimum atomic E-state index is -0.839. The molecule has 10 heteroatoms. The van der Waals surface area contributed by atoms with Gasteiger partial charge in [0.15, 0.2) is 0 Å². The second-order valence-corrected chi connectivity index (χ2v) is 11.2. The number of rotatable bonds is 4. The first kappa shape index (κ1) is 26.9. The molecule has 2 aromatic heterocycles. The van der Waals surface area contributed by atoms with Gasteiger partial charge in [-0.15, -0.1) is 0 Å². The van der Waals surface area contributed by atoms with Crippen molar-refractivity contribution >= 4 is 31.9 Å². The molecule has 0 unspecified atom stereocenters. The molecule has 0 N–H and O–H groups in total. The van der Waals surface area contributed by atoms with Crippen molar-refractivity contribution < 1.29 is 27.0 Å². The highest BCUT2D eigenvalue weighted by Gasteiger charge is 2.57. The van der Waals surface area contributed by atoms with Crippen LogP contribution >= 0.6 is 31.9 Å². The van der Waals surface area contributed by atoms with Gasteiger partial charge in [0.2, 0.25) is 0 Å². The standard InChI is InChI=1S/2C14H10BrF2NO/c2*1-14(11-5-10(16)2-3-12(11)17)13(19-14)8-4-9(15)7-18-6-8/h2*2-7,13H,1H3/t13-,14+;13-,14-/m11/s1. The third-order valence-corrected chi connectivity index (χ3v) is 7.46. The van der Waals surface area contributed by atoms with Crippen LogP contribution < -0.4 is 0 Å². The van der Waals surface area contributed by atoms with Crippen molar-refractivity contribution in [3.63, 3.8) is 0 Å². The van der Waals surface area contributed by atoms with Crippen molar-refractivity contribution in [1.82, 2.24) is 9.97 Å². The number of epoxide rings is 2. The molecule has 2 aliphatic rings. The van der Waals surface area contributed by atoms with E-state index in [1.165, 1.54) is 12.1 Å². The molecular weight excluding hydrogens is 632 g/mol. The van der Waals surface area contributed by atoms with E-state index in [-0.39, 0.29) is 23.3 Å². The smallest absolute Gasteiger partial charge is 0.129 e. The molecule has 2 fully saturated rings. The topological polar surface area (TPSA) is 50.8 Å². The van der Waals surface area contributed by atoms with Crippen LogP contribution in [0, 0.1) is 23.3 Å². The van der Waals surface area contributed by atoms with E-state index >= 15 is 0 Å². The number of hydrogen-bond donors (Lipinski definition) is 0. The first-order chi connectivity index (χ1) is 18.0. The van der Waals surface area contributed by atoms with Crippen LogP contribution in [0.3, 0.4) is 0 Å². The van der Waals surface area contributed by atoms with Gasteiger partial charge in [0, 0.05) is 56.0 Å². The van der Waals surface area contributed by atoms with Gasteiger partial charge in [-0.05, 0) is 94.2 Å². The third kappa shape index (κ3) is 5.27. The van der Waals surface area contributed by atoms with E-state index in [1.54, 1.807) is 38.6 Å². The summed E-state index contributed by atoms with van der Waals surface area (Å²) in [6.45, 7) is 3.49. The predicted molar refractivity (Wildman–Crippen MR) is 139 cm³/mol. The molecule has 4 atom stereocenters. The highest BCUT2D eigenvalue weighted by molar-refractivity contribution is 9.10. The van der Waals surface area contributed by atoms with Crippen molar-refractivity contribution in [2.45, 2.75) is 37.3 Å². The van der Waals surface area contributed by atoms with Gasteiger partial charge in [0.05, 0.1) is 0 Å². The fourth-order valence-corrected chi connectivity index (χ4v) is 5.27. The van der Waals surface area contributed by atoms with Crippen LogP contribution in [0.1, 0.15) is 48.3 Å². The summed E-state index contributed by atoms with van der Waals surface area (Å²) in [5.41, 5.74) is 0.458. The Morgan fingerprint density at radius 3 is 1.39 bits per heavy atom. The van der Waals surface area contributed by atoms with Gasteiger partial charge in [-0.1, -0.05) is 0 Å². The zero-order chi connectivity index (χ0) is 27.2. The van der Waals surface area contributed by atoms with E-state index < -0.39 is 34.5 Å². The summed E-state index contributed by atoms with van der Waals surface area (Å²) in [5.74, 6) is -1.87. The summed E-state index contributed by atoms with van der Waals surface area (Å²) in [6.07, 6.45) is 6.02. The summed E-state index contributed by atoms with van der Waals surface area (Å²) in [4.78, 5) is 8.10. The predicted octanol–water partition coefficient (Wildman–Crippen LogP) is 8.22. The zero-order valence-electron chi connectivity index (χ0n) is 20.1. The van der Waals surface area contributed by atoms with Crippen LogP contribution in [0.2, 0.25) is 0 Å². The highest BCUT2D eigenvalue weighted by Crippen LogP contribution is 2.58. The average molecular weight is 652 g/mol. The molecule has 2 saturated heterocycles. The number of halogens is 6. The Labute approximate surface area is 233 Å². The Morgan fingerprint density at radius 1 is 0.632 bits per heavy atom. The first-order valence-corrected chi connectivity index (χ1v) is 13.1. The summed E-state index contributed by atoms with van der Waals surface area (Å²) in [6, 6.07) is 10.5. The molecular formula is C28H20Br2F4N2O2. The number of hydrogen-bond acceptors (Lipinski definition) is 4. The molecule has 6 rings (SSSR count). The van der Waals surface area contributed by atoms with Crippen LogP contribution in [-0.2, 0) is 20.7 Å². The maximum absolute atomic E-state index is 13.8. The van der Waals surface area contributed by atoms with Crippen LogP contribution in [-0.4, -0.2) is 9.97 Å². The molecule has 4 aromatic rings. The molecule has 38 heavy (non-hydrogen) atoms. The van der Waals surface area contributed by atoms with Crippen molar-refractivity contribution in [2.75, 3.05) is 0 Å². The molecule has 2 aliphatic heterocycles. The lowest BCUT2D eigenvalue weighted by atomic mass is 9.93. The second-order valence-electron chi connectivity index (χ2n) is 9.33. The van der Waals surface area contributed by atoms with E-state index in [4.69, 9.17) is 9.47 Å². The lowest BCUT2D eigenvalue weighted by molar-refractivity contribution is 0.306. The Hall–Kier alpha value is -2.66. The van der Waals surface area contributed by atoms with Gasteiger partial charge in [0.1, 0.15) is 46.7 Å². The minimum absolute atomic E-state index is 0.234. The Kier molecular flexibility index (Phi) is 7.19. The molecule has 0 radical (unpaired) electrons. The quantitative estimate of drug-likeness (QED) is 0.165. The Balaban J connectivity index is 0.000000155. The molecule has 0 spiro atoms. The fraction of sp³-hybridized carbons (Fsp3) is 0.214. The fourth-order valence-electron chi connectivity index (χ4n) is 4.50. The third-order valence-electron chi connectivity index (χ3n) is 6.60. The van der Waals surface area contributed by atoms with Gasteiger partial charge in [-0.25, -0.2) is 17.6 Å². The maximum atomic E-state index is 13.8. The monoisotopic (exact) mass is 650 g/mol. The Morgan fingerprint density at radius 2 is 1.03 bits per heavy atom. The first-order valence-electron chi connectivity index (χ1n) is 11.5. The molecule has 4 heterocycles. The van der Waals surface area contributed by atoms with Gasteiger partial charge in [-0.2, -0.15) is 0 Å². The summed E-state index contributed by atoms with van der Waals surface area (Å²) >= 11 is 6.65. The number of aromatic nitrogens is 2. The molecule has 196 valence electrons. The second kappa shape index (κ2) is 10.1. The summed E-state index contributed by atoms with van der Waals surface area (Å²) in [5, 5.41) is 0.